The van der Waals surface area contributed by atoms with E-state index < -0.39 is 53.6 Å². The van der Waals surface area contributed by atoms with Gasteiger partial charge in [-0.1, -0.05) is 73.5 Å². The van der Waals surface area contributed by atoms with Crippen molar-refractivity contribution in [1.82, 2.24) is 9.44 Å². The zero-order valence-corrected chi connectivity index (χ0v) is 58.2. The van der Waals surface area contributed by atoms with Crippen LogP contribution in [0.3, 0.4) is 0 Å². The van der Waals surface area contributed by atoms with Gasteiger partial charge >= 0.3 is 0 Å². The Balaban J connectivity index is 0.000000192. The van der Waals surface area contributed by atoms with E-state index in [1.165, 1.54) is 22.3 Å². The summed E-state index contributed by atoms with van der Waals surface area (Å²) >= 11 is 12.9. The monoisotopic (exact) mass is 1370 g/mol. The molecule has 12 atom stereocenters. The number of methoxy groups -OCH3 is 2. The van der Waals surface area contributed by atoms with Gasteiger partial charge in [-0.2, -0.15) is 0 Å². The highest BCUT2D eigenvalue weighted by Gasteiger charge is 2.51. The lowest BCUT2D eigenvalue weighted by atomic mass is 9.64. The molecule has 4 N–H and O–H groups in total. The van der Waals surface area contributed by atoms with Gasteiger partial charge in [0.15, 0.2) is 0 Å². The molecule has 0 unspecified atom stereocenters. The molecule has 4 aromatic carbocycles. The molecule has 0 saturated heterocycles. The second kappa shape index (κ2) is 29.1. The van der Waals surface area contributed by atoms with Crippen molar-refractivity contribution in [2.75, 3.05) is 103 Å². The predicted molar refractivity (Wildman–Crippen MR) is 366 cm³/mol. The van der Waals surface area contributed by atoms with E-state index in [9.17, 15) is 36.6 Å². The van der Waals surface area contributed by atoms with Crippen LogP contribution in [0.2, 0.25) is 10.0 Å². The van der Waals surface area contributed by atoms with E-state index in [0.29, 0.717) is 90.2 Å². The van der Waals surface area contributed by atoms with Gasteiger partial charge in [0, 0.05) is 72.4 Å². The first-order valence-corrected chi connectivity index (χ1v) is 37.4. The van der Waals surface area contributed by atoms with Gasteiger partial charge in [0.1, 0.15) is 22.7 Å². The SMILES string of the molecule is COCCOC[C@@]1(O)/C=C/C[C@H](C)[C@@H](C)S(=O)(=O)NC(=O)c2ccc3c(c2)N(C[C@@H]2CC[C@H]21)C[C@@]1(CCCc2cc(Cl)ccc21)CO3.COCCOC[C@]1(O)/C=C/C[C@H](C)[C@@H](C)S(=O)(=O)NC(=O)c2ccc3c(c2)N(C[C@@H]2CC[C@H]21)C[C@@]1(CCCc2cc(Cl)ccc21)CO3. The Morgan fingerprint density at radius 3 is 1.37 bits per heavy atom. The van der Waals surface area contributed by atoms with Crippen molar-refractivity contribution in [2.24, 2.45) is 35.5 Å². The molecule has 22 heteroatoms. The summed E-state index contributed by atoms with van der Waals surface area (Å²) < 4.78 is 93.5. The number of hydrogen-bond acceptors (Lipinski definition) is 16. The van der Waals surface area contributed by atoms with Crippen LogP contribution in [0.25, 0.3) is 0 Å². The molecule has 0 radical (unpaired) electrons. The smallest absolute Gasteiger partial charge is 0.264 e. The molecular formula is C72H94Cl2N4O14S2. The number of sulfonamides is 2. The topological polar surface area (TPSA) is 229 Å². The summed E-state index contributed by atoms with van der Waals surface area (Å²) in [4.78, 5) is 31.5. The average molecular weight is 1370 g/mol. The predicted octanol–water partition coefficient (Wildman–Crippen LogP) is 10.6. The highest BCUT2D eigenvalue weighted by atomic mass is 35.5. The van der Waals surface area contributed by atoms with E-state index in [0.717, 1.165) is 85.6 Å². The number of carbonyl (C=O) groups excluding carboxylic acids is 2. The van der Waals surface area contributed by atoms with E-state index in [1.54, 1.807) is 64.5 Å². The summed E-state index contributed by atoms with van der Waals surface area (Å²) in [6, 6.07) is 22.6. The van der Waals surface area contributed by atoms with Gasteiger partial charge in [-0.15, -0.1) is 0 Å². The molecule has 4 heterocycles. The minimum atomic E-state index is -3.98. The Bertz CT molecular complexity index is 3470. The molecule has 4 aromatic rings. The van der Waals surface area contributed by atoms with Crippen LogP contribution in [0.1, 0.15) is 135 Å². The van der Waals surface area contributed by atoms with Crippen LogP contribution < -0.4 is 28.7 Å². The third-order valence-corrected chi connectivity index (χ3v) is 26.3. The Kier molecular flexibility index (Phi) is 21.7. The van der Waals surface area contributed by atoms with Crippen molar-refractivity contribution in [3.8, 4) is 11.5 Å². The van der Waals surface area contributed by atoms with Crippen LogP contribution in [0.4, 0.5) is 11.4 Å². The Hall–Kier alpha value is -5.26. The first kappa shape index (κ1) is 70.1. The number of rotatable bonds is 10. The minimum Gasteiger partial charge on any atom is -0.490 e. The summed E-state index contributed by atoms with van der Waals surface area (Å²) in [5.41, 5.74) is 3.86. The number of hydrogen-bond donors (Lipinski definition) is 4. The molecule has 2 spiro atoms. The number of allylic oxidation sites excluding steroid dienone is 2. The number of aryl methyl sites for hydroxylation is 2. The molecule has 94 heavy (non-hydrogen) atoms. The van der Waals surface area contributed by atoms with Crippen LogP contribution in [0.15, 0.2) is 97.1 Å². The summed E-state index contributed by atoms with van der Waals surface area (Å²) in [5, 5.41) is 24.1. The number of carbonyl (C=O) groups is 2. The molecule has 12 rings (SSSR count). The number of anilines is 2. The first-order valence-electron chi connectivity index (χ1n) is 33.6. The Morgan fingerprint density at radius 2 is 0.989 bits per heavy atom. The second-order valence-corrected chi connectivity index (χ2v) is 33.1. The quantitative estimate of drug-likeness (QED) is 0.0855. The minimum absolute atomic E-state index is 0.0711. The van der Waals surface area contributed by atoms with Crippen molar-refractivity contribution in [1.29, 1.82) is 0 Å². The number of halogens is 2. The molecule has 2 fully saturated rings. The molecular weight excluding hydrogens is 1280 g/mol. The normalized spacial score (nSPS) is 32.6. The van der Waals surface area contributed by atoms with Crippen molar-refractivity contribution in [3.63, 3.8) is 0 Å². The highest BCUT2D eigenvalue weighted by molar-refractivity contribution is 7.91. The zero-order chi connectivity index (χ0) is 66.8. The lowest BCUT2D eigenvalue weighted by molar-refractivity contribution is -0.0995. The van der Waals surface area contributed by atoms with E-state index in [4.69, 9.17) is 51.6 Å². The summed E-state index contributed by atoms with van der Waals surface area (Å²) in [6.45, 7) is 12.2. The molecule has 18 nitrogen and oxygen atoms in total. The van der Waals surface area contributed by atoms with Gasteiger partial charge in [-0.25, -0.2) is 26.3 Å². The van der Waals surface area contributed by atoms with Gasteiger partial charge in [0.2, 0.25) is 20.0 Å². The Labute approximate surface area is 565 Å². The molecule has 0 aromatic heterocycles. The fraction of sp³-hybridized carbons (Fsp3) is 0.583. The van der Waals surface area contributed by atoms with E-state index in [1.807, 2.05) is 50.3 Å². The molecule has 512 valence electrons. The summed E-state index contributed by atoms with van der Waals surface area (Å²) in [5.74, 6) is -0.468. The molecule has 2 saturated carbocycles. The van der Waals surface area contributed by atoms with Crippen molar-refractivity contribution in [2.45, 2.75) is 137 Å². The van der Waals surface area contributed by atoms with Gasteiger partial charge in [0.25, 0.3) is 11.8 Å². The van der Waals surface area contributed by atoms with Crippen LogP contribution in [-0.2, 0) is 62.7 Å². The standard InChI is InChI=1S/2C36H47ClN2O7S/c2*1-24-6-4-15-36(41,23-45-17-16-44-3)31-11-8-28(31)20-39-21-35(14-5-7-26-18-29(37)10-12-30(26)35)22-46-33-13-9-27(19-32(33)39)34(40)38-47(42,43)25(24)2/h2*4,9-10,12-13,15,18-19,24-25,28,31,41H,5-8,11,14,16-17,20-23H2,1-3H3,(H,38,40)/b2*15-4+/t24-,25+,28-,31+,35-,36+;24-,25+,28-,31+,35-,36-/m00/s1. The van der Waals surface area contributed by atoms with Crippen LogP contribution in [-0.4, -0.2) is 154 Å². The van der Waals surface area contributed by atoms with Crippen LogP contribution in [0, 0.1) is 35.5 Å². The highest BCUT2D eigenvalue weighted by Crippen LogP contribution is 2.51. The third kappa shape index (κ3) is 14.9. The first-order chi connectivity index (χ1) is 44.9. The van der Waals surface area contributed by atoms with Gasteiger partial charge in [-0.3, -0.25) is 9.59 Å². The number of nitrogens with zero attached hydrogens (tertiary/aromatic N) is 2. The average Bonchev–Trinajstić information content (AvgIpc) is 1.43. The largest absolute Gasteiger partial charge is 0.490 e. The lowest BCUT2D eigenvalue weighted by Crippen LogP contribution is -2.54. The maximum atomic E-state index is 13.5. The fourth-order valence-corrected chi connectivity index (χ4v) is 18.8. The van der Waals surface area contributed by atoms with Gasteiger partial charge < -0.3 is 48.4 Å². The van der Waals surface area contributed by atoms with Crippen molar-refractivity contribution >= 4 is 66.4 Å². The van der Waals surface area contributed by atoms with E-state index >= 15 is 0 Å². The van der Waals surface area contributed by atoms with Crippen molar-refractivity contribution in [3.05, 3.63) is 141 Å². The molecule has 4 aliphatic heterocycles. The number of nitrogens with one attached hydrogen (secondary N) is 2. The fourth-order valence-electron chi connectivity index (χ4n) is 15.8. The Morgan fingerprint density at radius 1 is 0.574 bits per heavy atom. The van der Waals surface area contributed by atoms with Gasteiger partial charge in [0.05, 0.1) is 74.7 Å². The van der Waals surface area contributed by atoms with Gasteiger partial charge in [-0.05, 0) is 209 Å². The zero-order valence-electron chi connectivity index (χ0n) is 55.1. The number of benzene rings is 4. The lowest BCUT2D eigenvalue weighted by Gasteiger charge is -2.49. The summed E-state index contributed by atoms with van der Waals surface area (Å²) in [7, 11) is -4.74. The van der Waals surface area contributed by atoms with E-state index in [-0.39, 0.29) is 70.7 Å². The second-order valence-electron chi connectivity index (χ2n) is 28.1. The number of ether oxygens (including phenoxy) is 6. The van der Waals surface area contributed by atoms with Crippen molar-refractivity contribution < 1.29 is 65.1 Å². The summed E-state index contributed by atoms with van der Waals surface area (Å²) in [6.07, 6.45) is 17.5. The molecule has 2 amide bonds. The molecule has 4 bridgehead atoms. The number of amides is 2. The number of aliphatic hydroxyl groups is 2. The van der Waals surface area contributed by atoms with Crippen LogP contribution >= 0.6 is 23.2 Å². The molecule has 4 aliphatic carbocycles. The maximum absolute atomic E-state index is 13.5. The third-order valence-electron chi connectivity index (χ3n) is 22.0. The number of fused-ring (bicyclic) bond motifs is 8. The van der Waals surface area contributed by atoms with E-state index in [2.05, 4.69) is 43.5 Å². The maximum Gasteiger partial charge on any atom is 0.264 e. The van der Waals surface area contributed by atoms with Crippen LogP contribution in [0.5, 0.6) is 11.5 Å². The molecule has 8 aliphatic rings.